The fourth-order valence-corrected chi connectivity index (χ4v) is 2.63. The molecule has 0 aromatic heterocycles. The van der Waals surface area contributed by atoms with E-state index in [1.54, 1.807) is 18.9 Å². The maximum absolute atomic E-state index is 9.91. The van der Waals surface area contributed by atoms with Gasteiger partial charge in [0, 0.05) is 23.8 Å². The van der Waals surface area contributed by atoms with E-state index in [1.807, 2.05) is 14.0 Å². The predicted molar refractivity (Wildman–Crippen MR) is 87.9 cm³/mol. The van der Waals surface area contributed by atoms with E-state index in [1.165, 1.54) is 5.56 Å². The number of methoxy groups -OCH3 is 1. The molecule has 0 bridgehead atoms. The molecular weight excluding hydrogens is 286 g/mol. The zero-order chi connectivity index (χ0) is 15.7. The molecule has 0 heterocycles. The van der Waals surface area contributed by atoms with Crippen molar-refractivity contribution in [3.05, 3.63) is 29.8 Å². The molecule has 5 heteroatoms. The van der Waals surface area contributed by atoms with Crippen LogP contribution >= 0.6 is 11.8 Å². The molecule has 3 atom stereocenters. The van der Waals surface area contributed by atoms with Gasteiger partial charge in [0.25, 0.3) is 0 Å². The number of hydrogen-bond donors (Lipinski definition) is 2. The third kappa shape index (κ3) is 7.29. The van der Waals surface area contributed by atoms with Crippen LogP contribution in [0.2, 0.25) is 0 Å². The van der Waals surface area contributed by atoms with E-state index in [4.69, 9.17) is 9.47 Å². The molecule has 0 aliphatic rings. The average Bonchev–Trinajstić information content (AvgIpc) is 2.51. The highest BCUT2D eigenvalue weighted by atomic mass is 32.2. The Balaban J connectivity index is 2.31. The van der Waals surface area contributed by atoms with E-state index in [0.717, 1.165) is 4.90 Å². The maximum atomic E-state index is 9.91. The summed E-state index contributed by atoms with van der Waals surface area (Å²) in [5.74, 6) is 0.626. The molecule has 0 saturated heterocycles. The second-order valence-corrected chi connectivity index (χ2v) is 6.24. The molecule has 1 aromatic rings. The summed E-state index contributed by atoms with van der Waals surface area (Å²) in [6.07, 6.45) is -0.456. The summed E-state index contributed by atoms with van der Waals surface area (Å²) in [5, 5.41) is 13.1. The largest absolute Gasteiger partial charge is 0.390 e. The van der Waals surface area contributed by atoms with Crippen molar-refractivity contribution in [1.82, 2.24) is 5.32 Å². The van der Waals surface area contributed by atoms with Crippen LogP contribution in [0, 0.1) is 0 Å². The SMILES string of the molecule is CNC(C)c1ccc(SCC(O)COC(C)COC)cc1. The molecule has 0 radical (unpaired) electrons. The lowest BCUT2D eigenvalue weighted by Crippen LogP contribution is -2.24. The van der Waals surface area contributed by atoms with Crippen molar-refractivity contribution >= 4 is 11.8 Å². The Morgan fingerprint density at radius 3 is 2.43 bits per heavy atom. The van der Waals surface area contributed by atoms with Gasteiger partial charge < -0.3 is 19.9 Å². The Bertz CT molecular complexity index is 386. The van der Waals surface area contributed by atoms with Gasteiger partial charge in [-0.1, -0.05) is 12.1 Å². The van der Waals surface area contributed by atoms with Crippen LogP contribution in [0.5, 0.6) is 0 Å². The van der Waals surface area contributed by atoms with Gasteiger partial charge in [0.15, 0.2) is 0 Å². The maximum Gasteiger partial charge on any atom is 0.0867 e. The molecule has 21 heavy (non-hydrogen) atoms. The first kappa shape index (κ1) is 18.5. The summed E-state index contributed by atoms with van der Waals surface area (Å²) in [5.41, 5.74) is 1.26. The molecular formula is C16H27NO3S. The topological polar surface area (TPSA) is 50.7 Å². The van der Waals surface area contributed by atoms with Crippen LogP contribution in [-0.4, -0.2) is 50.4 Å². The lowest BCUT2D eigenvalue weighted by Gasteiger charge is -2.16. The van der Waals surface area contributed by atoms with Crippen LogP contribution in [-0.2, 0) is 9.47 Å². The molecule has 4 nitrogen and oxygen atoms in total. The molecule has 0 amide bonds. The van der Waals surface area contributed by atoms with Crippen molar-refractivity contribution in [2.75, 3.05) is 33.1 Å². The smallest absolute Gasteiger partial charge is 0.0867 e. The average molecular weight is 313 g/mol. The standard InChI is InChI=1S/C16H27NO3S/c1-12(9-19-4)20-10-15(18)11-21-16-7-5-14(6-8-16)13(2)17-3/h5-8,12-13,15,17-18H,9-11H2,1-4H3. The number of hydrogen-bond acceptors (Lipinski definition) is 5. The van der Waals surface area contributed by atoms with E-state index in [2.05, 4.69) is 36.5 Å². The lowest BCUT2D eigenvalue weighted by molar-refractivity contribution is -0.0257. The monoisotopic (exact) mass is 313 g/mol. The Morgan fingerprint density at radius 1 is 1.19 bits per heavy atom. The lowest BCUT2D eigenvalue weighted by atomic mass is 10.1. The molecule has 1 rings (SSSR count). The zero-order valence-electron chi connectivity index (χ0n) is 13.3. The Morgan fingerprint density at radius 2 is 1.86 bits per heavy atom. The van der Waals surface area contributed by atoms with Gasteiger partial charge in [-0.05, 0) is 38.6 Å². The molecule has 2 N–H and O–H groups in total. The Labute approximate surface area is 132 Å². The minimum atomic E-state index is -0.467. The summed E-state index contributed by atoms with van der Waals surface area (Å²) >= 11 is 1.64. The summed E-state index contributed by atoms with van der Waals surface area (Å²) in [4.78, 5) is 1.16. The highest BCUT2D eigenvalue weighted by Crippen LogP contribution is 2.21. The fourth-order valence-electron chi connectivity index (χ4n) is 1.82. The number of aliphatic hydroxyl groups is 1. The summed E-state index contributed by atoms with van der Waals surface area (Å²) in [7, 11) is 3.60. The minimum absolute atomic E-state index is 0.0111. The minimum Gasteiger partial charge on any atom is -0.390 e. The van der Waals surface area contributed by atoms with Crippen molar-refractivity contribution in [2.24, 2.45) is 0 Å². The van der Waals surface area contributed by atoms with Gasteiger partial charge >= 0.3 is 0 Å². The zero-order valence-corrected chi connectivity index (χ0v) is 14.2. The van der Waals surface area contributed by atoms with Crippen molar-refractivity contribution in [1.29, 1.82) is 0 Å². The molecule has 0 aliphatic heterocycles. The first-order valence-corrected chi connectivity index (χ1v) is 8.24. The molecule has 0 saturated carbocycles. The predicted octanol–water partition coefficient (Wildman–Crippen LogP) is 2.47. The van der Waals surface area contributed by atoms with Gasteiger partial charge in [-0.2, -0.15) is 0 Å². The van der Waals surface area contributed by atoms with Crippen LogP contribution in [0.15, 0.2) is 29.2 Å². The molecule has 1 aromatic carbocycles. The third-order valence-electron chi connectivity index (χ3n) is 3.23. The van der Waals surface area contributed by atoms with E-state index in [0.29, 0.717) is 25.0 Å². The highest BCUT2D eigenvalue weighted by molar-refractivity contribution is 7.99. The summed E-state index contributed by atoms with van der Waals surface area (Å²) < 4.78 is 10.5. The molecule has 0 fully saturated rings. The quantitative estimate of drug-likeness (QED) is 0.650. The normalized spacial score (nSPS) is 15.7. The number of thioether (sulfide) groups is 1. The van der Waals surface area contributed by atoms with Crippen LogP contribution in [0.3, 0.4) is 0 Å². The van der Waals surface area contributed by atoms with Crippen molar-refractivity contribution in [3.63, 3.8) is 0 Å². The van der Waals surface area contributed by atoms with Gasteiger partial charge in [-0.25, -0.2) is 0 Å². The van der Waals surface area contributed by atoms with Crippen LogP contribution in [0.1, 0.15) is 25.5 Å². The first-order valence-electron chi connectivity index (χ1n) is 7.25. The Hall–Kier alpha value is -0.590. The van der Waals surface area contributed by atoms with E-state index in [-0.39, 0.29) is 6.10 Å². The van der Waals surface area contributed by atoms with Crippen molar-refractivity contribution < 1.29 is 14.6 Å². The Kier molecular flexibility index (Phi) is 8.96. The van der Waals surface area contributed by atoms with Crippen molar-refractivity contribution in [3.8, 4) is 0 Å². The summed E-state index contributed by atoms with van der Waals surface area (Å²) in [6.45, 7) is 4.95. The van der Waals surface area contributed by atoms with E-state index < -0.39 is 6.10 Å². The third-order valence-corrected chi connectivity index (χ3v) is 4.39. The number of ether oxygens (including phenoxy) is 2. The van der Waals surface area contributed by atoms with Crippen LogP contribution in [0.25, 0.3) is 0 Å². The highest BCUT2D eigenvalue weighted by Gasteiger charge is 2.09. The van der Waals surface area contributed by atoms with Crippen molar-refractivity contribution in [2.45, 2.75) is 37.0 Å². The van der Waals surface area contributed by atoms with Gasteiger partial charge in [0.2, 0.25) is 0 Å². The first-order chi connectivity index (χ1) is 10.1. The molecule has 0 spiro atoms. The van der Waals surface area contributed by atoms with E-state index >= 15 is 0 Å². The molecule has 3 unspecified atom stereocenters. The van der Waals surface area contributed by atoms with Crippen LogP contribution in [0.4, 0.5) is 0 Å². The molecule has 120 valence electrons. The number of aliphatic hydroxyl groups excluding tert-OH is 1. The second kappa shape index (κ2) is 10.2. The number of rotatable bonds is 10. The number of benzene rings is 1. The van der Waals surface area contributed by atoms with Gasteiger partial charge in [-0.3, -0.25) is 0 Å². The van der Waals surface area contributed by atoms with Gasteiger partial charge in [-0.15, -0.1) is 11.8 Å². The van der Waals surface area contributed by atoms with Gasteiger partial charge in [0.05, 0.1) is 25.4 Å². The van der Waals surface area contributed by atoms with Gasteiger partial charge in [0.1, 0.15) is 0 Å². The number of nitrogens with one attached hydrogen (secondary N) is 1. The summed E-state index contributed by atoms with van der Waals surface area (Å²) in [6, 6.07) is 8.77. The van der Waals surface area contributed by atoms with E-state index in [9.17, 15) is 5.11 Å². The second-order valence-electron chi connectivity index (χ2n) is 5.14. The molecule has 0 aliphatic carbocycles. The fraction of sp³-hybridized carbons (Fsp3) is 0.625. The van der Waals surface area contributed by atoms with Crippen LogP contribution < -0.4 is 5.32 Å².